The molecule has 1 saturated heterocycles. The topological polar surface area (TPSA) is 59.8 Å². The van der Waals surface area contributed by atoms with Gasteiger partial charge in [-0.3, -0.25) is 14.8 Å². The summed E-state index contributed by atoms with van der Waals surface area (Å²) in [5, 5.41) is 20.0. The van der Waals surface area contributed by atoms with Gasteiger partial charge >= 0.3 is 0 Å². The smallest absolute Gasteiger partial charge is 0.141 e. The molecule has 144 valence electrons. The molecule has 1 aromatic heterocycles. The molecule has 2 heterocycles. The SMILES string of the molecule is Cc1ncc(CO)c(CN2CCN([C@H]3CCc4ccccc4C3)CC2)c1O. The van der Waals surface area contributed by atoms with E-state index in [1.54, 1.807) is 13.1 Å². The van der Waals surface area contributed by atoms with Crippen LogP contribution < -0.4 is 0 Å². The first-order chi connectivity index (χ1) is 13.2. The molecule has 27 heavy (non-hydrogen) atoms. The summed E-state index contributed by atoms with van der Waals surface area (Å²) < 4.78 is 0. The number of aryl methyl sites for hydroxylation is 2. The summed E-state index contributed by atoms with van der Waals surface area (Å²) in [6, 6.07) is 9.50. The van der Waals surface area contributed by atoms with Crippen LogP contribution in [0.25, 0.3) is 0 Å². The average Bonchev–Trinajstić information content (AvgIpc) is 2.72. The van der Waals surface area contributed by atoms with E-state index in [4.69, 9.17) is 0 Å². The van der Waals surface area contributed by atoms with Crippen LogP contribution in [-0.4, -0.2) is 57.2 Å². The van der Waals surface area contributed by atoms with Gasteiger partial charge in [0.25, 0.3) is 0 Å². The predicted octanol–water partition coefficient (Wildman–Crippen LogP) is 2.26. The van der Waals surface area contributed by atoms with E-state index in [9.17, 15) is 10.2 Å². The van der Waals surface area contributed by atoms with E-state index in [1.807, 2.05) is 0 Å². The fourth-order valence-electron chi connectivity index (χ4n) is 4.50. The van der Waals surface area contributed by atoms with Crippen LogP contribution in [0.3, 0.4) is 0 Å². The maximum absolute atomic E-state index is 10.4. The molecular formula is C22H29N3O2. The minimum absolute atomic E-state index is 0.0857. The minimum atomic E-state index is -0.0857. The van der Waals surface area contributed by atoms with Crippen molar-refractivity contribution in [2.24, 2.45) is 0 Å². The summed E-state index contributed by atoms with van der Waals surface area (Å²) in [6.45, 7) is 6.49. The highest BCUT2D eigenvalue weighted by Crippen LogP contribution is 2.28. The highest BCUT2D eigenvalue weighted by atomic mass is 16.3. The number of benzene rings is 1. The van der Waals surface area contributed by atoms with Crippen LogP contribution >= 0.6 is 0 Å². The molecule has 2 N–H and O–H groups in total. The van der Waals surface area contributed by atoms with Gasteiger partial charge in [-0.25, -0.2) is 0 Å². The Kier molecular flexibility index (Phi) is 5.43. The number of aromatic hydroxyl groups is 1. The summed E-state index contributed by atoms with van der Waals surface area (Å²) >= 11 is 0. The Labute approximate surface area is 161 Å². The molecule has 5 heteroatoms. The van der Waals surface area contributed by atoms with Gasteiger partial charge < -0.3 is 10.2 Å². The lowest BCUT2D eigenvalue weighted by Crippen LogP contribution is -2.51. The Morgan fingerprint density at radius 1 is 1.11 bits per heavy atom. The van der Waals surface area contributed by atoms with E-state index in [0.717, 1.165) is 43.7 Å². The highest BCUT2D eigenvalue weighted by Gasteiger charge is 2.27. The summed E-state index contributed by atoms with van der Waals surface area (Å²) in [4.78, 5) is 9.17. The zero-order chi connectivity index (χ0) is 18.8. The minimum Gasteiger partial charge on any atom is -0.506 e. The molecule has 0 unspecified atom stereocenters. The van der Waals surface area contributed by atoms with Crippen LogP contribution in [0, 0.1) is 6.92 Å². The third-order valence-electron chi connectivity index (χ3n) is 6.23. The first-order valence-electron chi connectivity index (χ1n) is 9.96. The monoisotopic (exact) mass is 367 g/mol. The number of rotatable bonds is 4. The average molecular weight is 367 g/mol. The summed E-state index contributed by atoms with van der Waals surface area (Å²) in [5.74, 6) is 0.230. The molecule has 1 atom stereocenters. The molecule has 1 aromatic carbocycles. The molecule has 4 rings (SSSR count). The second-order valence-corrected chi connectivity index (χ2v) is 7.83. The number of aromatic nitrogens is 1. The van der Waals surface area contributed by atoms with E-state index in [2.05, 4.69) is 39.0 Å². The molecule has 2 aromatic rings. The molecule has 2 aliphatic rings. The van der Waals surface area contributed by atoms with Crippen LogP contribution in [0.4, 0.5) is 0 Å². The number of hydrogen-bond acceptors (Lipinski definition) is 5. The number of pyridine rings is 1. The molecule has 5 nitrogen and oxygen atoms in total. The van der Waals surface area contributed by atoms with Gasteiger partial charge in [0, 0.05) is 56.1 Å². The number of fused-ring (bicyclic) bond motifs is 1. The fraction of sp³-hybridized carbons (Fsp3) is 0.500. The number of hydrogen-bond donors (Lipinski definition) is 2. The van der Waals surface area contributed by atoms with Crippen molar-refractivity contribution < 1.29 is 10.2 Å². The van der Waals surface area contributed by atoms with E-state index in [-0.39, 0.29) is 12.4 Å². The predicted molar refractivity (Wildman–Crippen MR) is 106 cm³/mol. The van der Waals surface area contributed by atoms with Crippen molar-refractivity contribution in [3.8, 4) is 5.75 Å². The fourth-order valence-corrected chi connectivity index (χ4v) is 4.50. The summed E-state index contributed by atoms with van der Waals surface area (Å²) in [5.41, 5.74) is 5.21. The highest BCUT2D eigenvalue weighted by molar-refractivity contribution is 5.40. The van der Waals surface area contributed by atoms with Gasteiger partial charge in [0.05, 0.1) is 12.3 Å². The van der Waals surface area contributed by atoms with Crippen LogP contribution in [0.2, 0.25) is 0 Å². The second-order valence-electron chi connectivity index (χ2n) is 7.83. The Bertz CT molecular complexity index is 800. The van der Waals surface area contributed by atoms with Gasteiger partial charge in [-0.15, -0.1) is 0 Å². The number of piperazine rings is 1. The van der Waals surface area contributed by atoms with Gasteiger partial charge in [0.15, 0.2) is 0 Å². The Morgan fingerprint density at radius 2 is 1.85 bits per heavy atom. The van der Waals surface area contributed by atoms with Crippen LogP contribution in [-0.2, 0) is 26.0 Å². The maximum Gasteiger partial charge on any atom is 0.141 e. The van der Waals surface area contributed by atoms with E-state index < -0.39 is 0 Å². The lowest BCUT2D eigenvalue weighted by atomic mass is 9.87. The van der Waals surface area contributed by atoms with Crippen molar-refractivity contribution in [1.29, 1.82) is 0 Å². The zero-order valence-electron chi connectivity index (χ0n) is 16.1. The largest absolute Gasteiger partial charge is 0.506 e. The number of aliphatic hydroxyl groups is 1. The van der Waals surface area contributed by atoms with Crippen molar-refractivity contribution in [2.45, 2.75) is 45.4 Å². The molecule has 1 aliphatic heterocycles. The first-order valence-corrected chi connectivity index (χ1v) is 9.96. The van der Waals surface area contributed by atoms with Gasteiger partial charge in [-0.1, -0.05) is 24.3 Å². The van der Waals surface area contributed by atoms with Gasteiger partial charge in [0.1, 0.15) is 5.75 Å². The van der Waals surface area contributed by atoms with Gasteiger partial charge in [0.2, 0.25) is 0 Å². The van der Waals surface area contributed by atoms with Crippen molar-refractivity contribution in [1.82, 2.24) is 14.8 Å². The third-order valence-corrected chi connectivity index (χ3v) is 6.23. The lowest BCUT2D eigenvalue weighted by molar-refractivity contribution is 0.0847. The maximum atomic E-state index is 10.4. The van der Waals surface area contributed by atoms with E-state index in [0.29, 0.717) is 18.3 Å². The molecule has 0 spiro atoms. The van der Waals surface area contributed by atoms with Crippen LogP contribution in [0.5, 0.6) is 5.75 Å². The van der Waals surface area contributed by atoms with Crippen molar-refractivity contribution in [3.05, 3.63) is 58.4 Å². The number of aliphatic hydroxyl groups excluding tert-OH is 1. The van der Waals surface area contributed by atoms with Crippen LogP contribution in [0.1, 0.15) is 34.4 Å². The number of nitrogens with zero attached hydrogens (tertiary/aromatic N) is 3. The van der Waals surface area contributed by atoms with Gasteiger partial charge in [-0.2, -0.15) is 0 Å². The molecule has 0 bridgehead atoms. The van der Waals surface area contributed by atoms with E-state index in [1.165, 1.54) is 24.0 Å². The van der Waals surface area contributed by atoms with Crippen molar-refractivity contribution >= 4 is 0 Å². The quantitative estimate of drug-likeness (QED) is 0.868. The Morgan fingerprint density at radius 3 is 2.59 bits per heavy atom. The van der Waals surface area contributed by atoms with E-state index >= 15 is 0 Å². The van der Waals surface area contributed by atoms with Crippen molar-refractivity contribution in [2.75, 3.05) is 26.2 Å². The van der Waals surface area contributed by atoms with Crippen LogP contribution in [0.15, 0.2) is 30.5 Å². The van der Waals surface area contributed by atoms with Crippen molar-refractivity contribution in [3.63, 3.8) is 0 Å². The molecule has 0 radical (unpaired) electrons. The van der Waals surface area contributed by atoms with Gasteiger partial charge in [-0.05, 0) is 37.3 Å². The third kappa shape index (κ3) is 3.86. The Hall–Kier alpha value is -1.95. The molecule has 0 saturated carbocycles. The molecular weight excluding hydrogens is 338 g/mol. The lowest BCUT2D eigenvalue weighted by Gasteiger charge is -2.41. The normalized spacial score (nSPS) is 21.2. The first kappa shape index (κ1) is 18.4. The second kappa shape index (κ2) is 7.97. The molecule has 1 fully saturated rings. The molecule has 0 amide bonds. The summed E-state index contributed by atoms with van der Waals surface area (Å²) in [7, 11) is 0. The molecule has 1 aliphatic carbocycles. The Balaban J connectivity index is 1.37. The zero-order valence-corrected chi connectivity index (χ0v) is 16.1. The summed E-state index contributed by atoms with van der Waals surface area (Å²) in [6.07, 6.45) is 5.27. The standard InChI is InChI=1S/C22H29N3O2/c1-16-22(27)21(19(15-26)13-23-16)14-24-8-10-25(11-9-24)20-7-6-17-4-2-3-5-18(17)12-20/h2-5,13,20,26-27H,6-12,14-15H2,1H3/t20-/m0/s1.